The maximum Gasteiger partial charge on any atom is 0.127 e. The maximum atomic E-state index is 13.9. The summed E-state index contributed by atoms with van der Waals surface area (Å²) in [5, 5.41) is 0.487. The lowest BCUT2D eigenvalue weighted by Crippen LogP contribution is -2.51. The van der Waals surface area contributed by atoms with Gasteiger partial charge in [0.2, 0.25) is 0 Å². The number of halogens is 2. The van der Waals surface area contributed by atoms with Crippen molar-refractivity contribution in [2.45, 2.75) is 52.0 Å². The molecule has 3 heteroatoms. The van der Waals surface area contributed by atoms with Gasteiger partial charge in [-0.3, -0.25) is 0 Å². The molecule has 0 radical (unpaired) electrons. The summed E-state index contributed by atoms with van der Waals surface area (Å²) in [6.45, 7) is 6.71. The van der Waals surface area contributed by atoms with E-state index in [1.807, 2.05) is 0 Å². The van der Waals surface area contributed by atoms with Gasteiger partial charge in [-0.25, -0.2) is 4.39 Å². The van der Waals surface area contributed by atoms with E-state index in [0.29, 0.717) is 22.9 Å². The summed E-state index contributed by atoms with van der Waals surface area (Å²) in [7, 11) is 0. The second-order valence-electron chi connectivity index (χ2n) is 7.09. The largest absolute Gasteiger partial charge is 0.325 e. The van der Waals surface area contributed by atoms with E-state index in [2.05, 4.69) is 20.8 Å². The third-order valence-corrected chi connectivity index (χ3v) is 4.43. The van der Waals surface area contributed by atoms with Crippen LogP contribution in [0.1, 0.15) is 45.6 Å². The molecule has 0 aliphatic heterocycles. The Kier molecular flexibility index (Phi) is 3.95. The van der Waals surface area contributed by atoms with Crippen LogP contribution < -0.4 is 5.73 Å². The zero-order chi connectivity index (χ0) is 14.3. The molecule has 0 heterocycles. The Balaban J connectivity index is 2.26. The highest BCUT2D eigenvalue weighted by atomic mass is 35.5. The topological polar surface area (TPSA) is 26.0 Å². The molecular formula is C16H23ClFN. The smallest absolute Gasteiger partial charge is 0.127 e. The maximum absolute atomic E-state index is 13.9. The van der Waals surface area contributed by atoms with Crippen molar-refractivity contribution in [3.8, 4) is 0 Å². The molecule has 2 N–H and O–H groups in total. The van der Waals surface area contributed by atoms with Gasteiger partial charge in [0, 0.05) is 16.1 Å². The van der Waals surface area contributed by atoms with Gasteiger partial charge in [-0.1, -0.05) is 38.4 Å². The molecule has 2 unspecified atom stereocenters. The van der Waals surface area contributed by atoms with Crippen molar-refractivity contribution in [2.24, 2.45) is 17.1 Å². The Morgan fingerprint density at radius 3 is 2.63 bits per heavy atom. The second kappa shape index (κ2) is 5.06. The summed E-state index contributed by atoms with van der Waals surface area (Å²) in [6, 6.07) is 4.83. The third kappa shape index (κ3) is 3.49. The summed E-state index contributed by atoms with van der Waals surface area (Å²) >= 11 is 6.12. The fourth-order valence-electron chi connectivity index (χ4n) is 3.99. The Morgan fingerprint density at radius 1 is 1.37 bits per heavy atom. The van der Waals surface area contributed by atoms with E-state index >= 15 is 0 Å². The molecule has 1 fully saturated rings. The average molecular weight is 284 g/mol. The molecule has 0 bridgehead atoms. The molecule has 0 aromatic heterocycles. The normalized spacial score (nSPS) is 30.3. The van der Waals surface area contributed by atoms with Crippen LogP contribution >= 0.6 is 11.6 Å². The molecule has 2 rings (SSSR count). The van der Waals surface area contributed by atoms with Crippen LogP contribution in [0.25, 0.3) is 0 Å². The number of benzene rings is 1. The molecule has 0 saturated heterocycles. The van der Waals surface area contributed by atoms with Crippen molar-refractivity contribution in [3.63, 3.8) is 0 Å². The van der Waals surface area contributed by atoms with Crippen LogP contribution in [0.3, 0.4) is 0 Å². The zero-order valence-corrected chi connectivity index (χ0v) is 12.7. The zero-order valence-electron chi connectivity index (χ0n) is 12.0. The predicted octanol–water partition coefficient (Wildman–Crippen LogP) is 4.57. The van der Waals surface area contributed by atoms with Crippen LogP contribution in [-0.4, -0.2) is 5.54 Å². The molecule has 1 aliphatic carbocycles. The molecule has 2 atom stereocenters. The Bertz CT molecular complexity index is 452. The summed E-state index contributed by atoms with van der Waals surface area (Å²) in [5.74, 6) is 0.327. The highest BCUT2D eigenvalue weighted by molar-refractivity contribution is 6.31. The molecular weight excluding hydrogens is 261 g/mol. The molecule has 19 heavy (non-hydrogen) atoms. The highest BCUT2D eigenvalue weighted by Crippen LogP contribution is 2.44. The quantitative estimate of drug-likeness (QED) is 0.846. The van der Waals surface area contributed by atoms with Crippen LogP contribution in [0.15, 0.2) is 18.2 Å². The van der Waals surface area contributed by atoms with Crippen molar-refractivity contribution in [2.75, 3.05) is 0 Å². The molecule has 1 nitrogen and oxygen atoms in total. The van der Waals surface area contributed by atoms with Gasteiger partial charge in [-0.2, -0.15) is 0 Å². The van der Waals surface area contributed by atoms with Crippen molar-refractivity contribution >= 4 is 11.6 Å². The van der Waals surface area contributed by atoms with Crippen LogP contribution in [0.5, 0.6) is 0 Å². The monoisotopic (exact) mass is 283 g/mol. The Hall–Kier alpha value is -0.600. The number of rotatable bonds is 2. The minimum Gasteiger partial charge on any atom is -0.325 e. The van der Waals surface area contributed by atoms with E-state index < -0.39 is 0 Å². The van der Waals surface area contributed by atoms with E-state index in [-0.39, 0.29) is 16.8 Å². The van der Waals surface area contributed by atoms with Crippen molar-refractivity contribution < 1.29 is 4.39 Å². The van der Waals surface area contributed by atoms with Crippen molar-refractivity contribution in [1.82, 2.24) is 0 Å². The molecule has 1 aromatic carbocycles. The van der Waals surface area contributed by atoms with Crippen LogP contribution in [0.4, 0.5) is 4.39 Å². The number of hydrogen-bond acceptors (Lipinski definition) is 1. The van der Waals surface area contributed by atoms with Crippen molar-refractivity contribution in [3.05, 3.63) is 34.6 Å². The van der Waals surface area contributed by atoms with Gasteiger partial charge in [0.15, 0.2) is 0 Å². The molecule has 1 aliphatic rings. The number of nitrogens with two attached hydrogens (primary N) is 1. The lowest BCUT2D eigenvalue weighted by Gasteiger charge is -2.46. The summed E-state index contributed by atoms with van der Waals surface area (Å²) in [5.41, 5.74) is 6.99. The summed E-state index contributed by atoms with van der Waals surface area (Å²) < 4.78 is 13.9. The summed E-state index contributed by atoms with van der Waals surface area (Å²) in [6.07, 6.45) is 3.54. The Morgan fingerprint density at radius 2 is 2.05 bits per heavy atom. The first-order valence-electron chi connectivity index (χ1n) is 6.93. The van der Waals surface area contributed by atoms with E-state index in [1.165, 1.54) is 12.5 Å². The predicted molar refractivity (Wildman–Crippen MR) is 78.8 cm³/mol. The highest BCUT2D eigenvalue weighted by Gasteiger charge is 2.40. The molecule has 0 amide bonds. The van der Waals surface area contributed by atoms with Gasteiger partial charge >= 0.3 is 0 Å². The van der Waals surface area contributed by atoms with Crippen molar-refractivity contribution in [1.29, 1.82) is 0 Å². The Labute approximate surface area is 120 Å². The minimum atomic E-state index is -0.354. The van der Waals surface area contributed by atoms with E-state index in [0.717, 1.165) is 12.8 Å². The van der Waals surface area contributed by atoms with E-state index in [1.54, 1.807) is 12.1 Å². The lowest BCUT2D eigenvalue weighted by molar-refractivity contribution is 0.107. The fourth-order valence-corrected chi connectivity index (χ4v) is 4.22. The van der Waals surface area contributed by atoms with Gasteiger partial charge in [0.25, 0.3) is 0 Å². The molecule has 1 aromatic rings. The number of hydrogen-bond donors (Lipinski definition) is 1. The second-order valence-corrected chi connectivity index (χ2v) is 7.50. The summed E-state index contributed by atoms with van der Waals surface area (Å²) in [4.78, 5) is 0. The molecule has 0 spiro atoms. The third-order valence-electron chi connectivity index (χ3n) is 4.08. The van der Waals surface area contributed by atoms with Gasteiger partial charge < -0.3 is 5.73 Å². The van der Waals surface area contributed by atoms with Crippen LogP contribution in [0.2, 0.25) is 5.02 Å². The van der Waals surface area contributed by atoms with Crippen LogP contribution in [-0.2, 0) is 6.42 Å². The minimum absolute atomic E-state index is 0.212. The standard InChI is InChI=1S/C16H23ClFN/c1-11-7-15(2,3)10-16(19,8-11)9-12-13(17)5-4-6-14(12)18/h4-6,11H,7-10,19H2,1-3H3. The first kappa shape index (κ1) is 14.8. The SMILES string of the molecule is CC1CC(C)(C)CC(N)(Cc2c(F)cccc2Cl)C1. The van der Waals surface area contributed by atoms with E-state index in [4.69, 9.17) is 17.3 Å². The van der Waals surface area contributed by atoms with Gasteiger partial charge in [0.1, 0.15) is 5.82 Å². The van der Waals surface area contributed by atoms with Crippen LogP contribution in [0, 0.1) is 17.2 Å². The van der Waals surface area contributed by atoms with Gasteiger partial charge in [-0.05, 0) is 49.1 Å². The van der Waals surface area contributed by atoms with Gasteiger partial charge in [0.05, 0.1) is 0 Å². The first-order valence-corrected chi connectivity index (χ1v) is 7.30. The van der Waals surface area contributed by atoms with Gasteiger partial charge in [-0.15, -0.1) is 0 Å². The fraction of sp³-hybridized carbons (Fsp3) is 0.625. The molecule has 106 valence electrons. The lowest BCUT2D eigenvalue weighted by atomic mass is 9.63. The molecule has 1 saturated carbocycles. The van der Waals surface area contributed by atoms with E-state index in [9.17, 15) is 4.39 Å². The average Bonchev–Trinajstić information content (AvgIpc) is 2.20. The first-order chi connectivity index (χ1) is 8.71.